The number of nitrogens with zero attached hydrogens (tertiary/aromatic N) is 1. The third-order valence-electron chi connectivity index (χ3n) is 12.3. The lowest BCUT2D eigenvalue weighted by molar-refractivity contribution is 0.660. The SMILES string of the molecule is CC1(C)c2ccccc2-c2c(-c3ccccc3N(c3cccc(-c4ccccc4)c3-c3ccccc3-c3ccccc3)c3cccc4c3sc3ccccc34)cccc21. The minimum atomic E-state index is -0.114. The lowest BCUT2D eigenvalue weighted by Crippen LogP contribution is -2.15. The Morgan fingerprint density at radius 1 is 0.339 bits per heavy atom. The summed E-state index contributed by atoms with van der Waals surface area (Å²) in [6, 6.07) is 78.2. The van der Waals surface area contributed by atoms with Crippen molar-refractivity contribution in [3.63, 3.8) is 0 Å². The molecule has 2 heteroatoms. The fraction of sp³-hybridized carbons (Fsp3) is 0.0526. The van der Waals surface area contributed by atoms with E-state index in [0.29, 0.717) is 0 Å². The normalized spacial score (nSPS) is 12.7. The van der Waals surface area contributed by atoms with Gasteiger partial charge in [-0.1, -0.05) is 202 Å². The molecule has 0 amide bonds. The summed E-state index contributed by atoms with van der Waals surface area (Å²) in [6.07, 6.45) is 0. The van der Waals surface area contributed by atoms with Crippen LogP contribution in [0.2, 0.25) is 0 Å². The molecule has 0 spiro atoms. The molecule has 0 fully saturated rings. The molecule has 0 unspecified atom stereocenters. The highest BCUT2D eigenvalue weighted by Gasteiger charge is 2.37. The van der Waals surface area contributed by atoms with Gasteiger partial charge in [-0.2, -0.15) is 0 Å². The predicted molar refractivity (Wildman–Crippen MR) is 253 cm³/mol. The number of hydrogen-bond acceptors (Lipinski definition) is 2. The van der Waals surface area contributed by atoms with Crippen LogP contribution in [-0.4, -0.2) is 0 Å². The molecular formula is C57H41NS. The molecule has 9 aromatic carbocycles. The molecule has 1 aliphatic rings. The smallest absolute Gasteiger partial charge is 0.0640 e. The maximum Gasteiger partial charge on any atom is 0.0640 e. The molecular weight excluding hydrogens is 731 g/mol. The zero-order valence-electron chi connectivity index (χ0n) is 33.1. The van der Waals surface area contributed by atoms with Crippen molar-refractivity contribution >= 4 is 48.6 Å². The molecule has 0 saturated carbocycles. The third kappa shape index (κ3) is 5.67. The summed E-state index contributed by atoms with van der Waals surface area (Å²) in [5.74, 6) is 0. The highest BCUT2D eigenvalue weighted by atomic mass is 32.1. The van der Waals surface area contributed by atoms with Gasteiger partial charge in [-0.05, 0) is 79.9 Å². The van der Waals surface area contributed by atoms with Gasteiger partial charge in [0.15, 0.2) is 0 Å². The molecule has 0 N–H and O–H groups in total. The largest absolute Gasteiger partial charge is 0.308 e. The number of rotatable bonds is 7. The number of fused-ring (bicyclic) bond motifs is 6. The molecule has 10 aromatic rings. The molecule has 1 aromatic heterocycles. The molecule has 11 rings (SSSR count). The Balaban J connectivity index is 1.27. The molecule has 0 atom stereocenters. The van der Waals surface area contributed by atoms with E-state index in [1.807, 2.05) is 11.3 Å². The summed E-state index contributed by atoms with van der Waals surface area (Å²) in [5, 5.41) is 2.56. The average molecular weight is 772 g/mol. The first-order valence-corrected chi connectivity index (χ1v) is 21.3. The van der Waals surface area contributed by atoms with E-state index in [0.717, 1.165) is 17.1 Å². The lowest BCUT2D eigenvalue weighted by atomic mass is 9.82. The maximum absolute atomic E-state index is 2.57. The number of anilines is 3. The lowest BCUT2D eigenvalue weighted by Gasteiger charge is -2.32. The number of thiophene rings is 1. The fourth-order valence-electron chi connectivity index (χ4n) is 9.61. The Morgan fingerprint density at radius 3 is 1.64 bits per heavy atom. The van der Waals surface area contributed by atoms with Gasteiger partial charge < -0.3 is 4.90 Å². The summed E-state index contributed by atoms with van der Waals surface area (Å²) in [5.41, 5.74) is 18.3. The zero-order valence-corrected chi connectivity index (χ0v) is 33.9. The standard InChI is InChI=1S/C57H41NS/c1-57(2)48-32-14-11-28-47(48)54-45(30-17-33-49(54)57)42-25-12-15-34-50(42)58(52-36-19-31-46-43-26-13-16-37-53(43)59-56(46)52)51-35-18-29-41(39-22-7-4-8-23-39)55(51)44-27-10-9-24-40(44)38-20-5-3-6-21-38/h3-37H,1-2H3. The van der Waals surface area contributed by atoms with Crippen LogP contribution in [0, 0.1) is 0 Å². The second-order valence-corrected chi connectivity index (χ2v) is 17.0. The van der Waals surface area contributed by atoms with E-state index >= 15 is 0 Å². The van der Waals surface area contributed by atoms with Gasteiger partial charge in [0.2, 0.25) is 0 Å². The average Bonchev–Trinajstić information content (AvgIpc) is 3.80. The maximum atomic E-state index is 2.57. The quantitative estimate of drug-likeness (QED) is 0.156. The van der Waals surface area contributed by atoms with Crippen molar-refractivity contribution in [2.24, 2.45) is 0 Å². The van der Waals surface area contributed by atoms with Gasteiger partial charge in [-0.25, -0.2) is 0 Å². The van der Waals surface area contributed by atoms with Crippen molar-refractivity contribution < 1.29 is 0 Å². The highest BCUT2D eigenvalue weighted by Crippen LogP contribution is 2.56. The van der Waals surface area contributed by atoms with Crippen LogP contribution in [0.15, 0.2) is 212 Å². The Hall–Kier alpha value is -7.00. The molecule has 0 saturated heterocycles. The summed E-state index contributed by atoms with van der Waals surface area (Å²) < 4.78 is 2.55. The van der Waals surface area contributed by atoms with E-state index in [4.69, 9.17) is 0 Å². The summed E-state index contributed by atoms with van der Waals surface area (Å²) in [6.45, 7) is 4.74. The van der Waals surface area contributed by atoms with E-state index in [-0.39, 0.29) is 5.41 Å². The molecule has 0 aliphatic heterocycles. The first-order chi connectivity index (χ1) is 29.1. The van der Waals surface area contributed by atoms with Crippen molar-refractivity contribution in [1.29, 1.82) is 0 Å². The van der Waals surface area contributed by atoms with Gasteiger partial charge in [-0.3, -0.25) is 0 Å². The third-order valence-corrected chi connectivity index (χ3v) is 13.5. The second-order valence-electron chi connectivity index (χ2n) is 16.0. The topological polar surface area (TPSA) is 3.24 Å². The van der Waals surface area contributed by atoms with E-state index < -0.39 is 0 Å². The van der Waals surface area contributed by atoms with Crippen molar-refractivity contribution in [2.45, 2.75) is 19.3 Å². The fourth-order valence-corrected chi connectivity index (χ4v) is 10.8. The summed E-state index contributed by atoms with van der Waals surface area (Å²) in [7, 11) is 0. The number of para-hydroxylation sites is 1. The van der Waals surface area contributed by atoms with E-state index in [9.17, 15) is 0 Å². The van der Waals surface area contributed by atoms with Crippen LogP contribution < -0.4 is 4.90 Å². The van der Waals surface area contributed by atoms with Crippen molar-refractivity contribution in [2.75, 3.05) is 4.90 Å². The van der Waals surface area contributed by atoms with Crippen molar-refractivity contribution in [3.8, 4) is 55.6 Å². The Kier molecular flexibility index (Phi) is 8.43. The van der Waals surface area contributed by atoms with E-state index in [2.05, 4.69) is 231 Å². The van der Waals surface area contributed by atoms with Crippen LogP contribution in [0.25, 0.3) is 75.8 Å². The van der Waals surface area contributed by atoms with Crippen molar-refractivity contribution in [3.05, 3.63) is 223 Å². The van der Waals surface area contributed by atoms with Crippen LogP contribution >= 0.6 is 11.3 Å². The molecule has 59 heavy (non-hydrogen) atoms. The van der Waals surface area contributed by atoms with Gasteiger partial charge in [0, 0.05) is 32.0 Å². The molecule has 280 valence electrons. The second kappa shape index (κ2) is 14.1. The van der Waals surface area contributed by atoms with Gasteiger partial charge in [0.05, 0.1) is 21.8 Å². The summed E-state index contributed by atoms with van der Waals surface area (Å²) in [4.78, 5) is 2.57. The molecule has 0 radical (unpaired) electrons. The first kappa shape index (κ1) is 35.2. The van der Waals surface area contributed by atoms with Crippen LogP contribution in [0.3, 0.4) is 0 Å². The molecule has 1 heterocycles. The van der Waals surface area contributed by atoms with Gasteiger partial charge in [0.25, 0.3) is 0 Å². The number of hydrogen-bond donors (Lipinski definition) is 0. The van der Waals surface area contributed by atoms with E-state index in [1.54, 1.807) is 0 Å². The minimum absolute atomic E-state index is 0.114. The van der Waals surface area contributed by atoms with Crippen LogP contribution in [0.1, 0.15) is 25.0 Å². The zero-order chi connectivity index (χ0) is 39.5. The van der Waals surface area contributed by atoms with E-state index in [1.165, 1.54) is 86.9 Å². The number of benzene rings is 9. The first-order valence-electron chi connectivity index (χ1n) is 20.4. The monoisotopic (exact) mass is 771 g/mol. The molecule has 1 aliphatic carbocycles. The van der Waals surface area contributed by atoms with Gasteiger partial charge in [-0.15, -0.1) is 11.3 Å². The summed E-state index contributed by atoms with van der Waals surface area (Å²) >= 11 is 1.88. The van der Waals surface area contributed by atoms with Gasteiger partial charge in [0.1, 0.15) is 0 Å². The molecule has 1 nitrogen and oxygen atoms in total. The predicted octanol–water partition coefficient (Wildman–Crippen LogP) is 16.5. The van der Waals surface area contributed by atoms with Crippen LogP contribution in [0.5, 0.6) is 0 Å². The molecule has 0 bridgehead atoms. The minimum Gasteiger partial charge on any atom is -0.308 e. The highest BCUT2D eigenvalue weighted by molar-refractivity contribution is 7.26. The van der Waals surface area contributed by atoms with Gasteiger partial charge >= 0.3 is 0 Å². The Labute approximate surface area is 350 Å². The Morgan fingerprint density at radius 2 is 0.847 bits per heavy atom. The Bertz CT molecular complexity index is 3190. The van der Waals surface area contributed by atoms with Crippen LogP contribution in [0.4, 0.5) is 17.1 Å². The van der Waals surface area contributed by atoms with Crippen LogP contribution in [-0.2, 0) is 5.41 Å². The van der Waals surface area contributed by atoms with Crippen molar-refractivity contribution in [1.82, 2.24) is 0 Å².